The highest BCUT2D eigenvalue weighted by Gasteiger charge is 2.45. The number of amides is 6. The molecule has 45 heavy (non-hydrogen) atoms. The second-order valence-corrected chi connectivity index (χ2v) is 10.6. The molecule has 18 heteroatoms. The van der Waals surface area contributed by atoms with E-state index in [0.29, 0.717) is 9.80 Å². The van der Waals surface area contributed by atoms with Gasteiger partial charge < -0.3 is 26.0 Å². The van der Waals surface area contributed by atoms with Gasteiger partial charge in [0, 0.05) is 51.0 Å². The third kappa shape index (κ3) is 5.93. The van der Waals surface area contributed by atoms with Gasteiger partial charge in [0.05, 0.1) is 0 Å². The van der Waals surface area contributed by atoms with E-state index in [4.69, 9.17) is 5.11 Å². The van der Waals surface area contributed by atoms with Crippen molar-refractivity contribution in [3.8, 4) is 0 Å². The Morgan fingerprint density at radius 1 is 0.689 bits per heavy atom. The zero-order valence-corrected chi connectivity index (χ0v) is 24.7. The highest BCUT2D eigenvalue weighted by Crippen LogP contribution is 2.39. The maximum absolute atomic E-state index is 13.6. The zero-order valence-electron chi connectivity index (χ0n) is 22.9. The number of hydrogen-bond acceptors (Lipinski definition) is 11. The lowest BCUT2D eigenvalue weighted by Crippen LogP contribution is -2.53. The monoisotopic (exact) mass is 660 g/mol. The molecule has 16 nitrogen and oxygen atoms in total. The number of rotatable bonds is 13. The fourth-order valence-electron chi connectivity index (χ4n) is 5.13. The van der Waals surface area contributed by atoms with Crippen LogP contribution in [0.2, 0.25) is 0 Å². The van der Waals surface area contributed by atoms with Crippen LogP contribution in [0.3, 0.4) is 0 Å². The molecule has 0 saturated heterocycles. The van der Waals surface area contributed by atoms with E-state index in [2.05, 4.69) is 35.9 Å². The molecule has 236 valence electrons. The Kier molecular flexibility index (Phi) is 9.48. The summed E-state index contributed by atoms with van der Waals surface area (Å²) in [6, 6.07) is -0.0434. The minimum Gasteiger partial charge on any atom is -0.480 e. The van der Waals surface area contributed by atoms with E-state index in [-0.39, 0.29) is 44.5 Å². The number of thiol groups is 2. The molecule has 0 spiro atoms. The van der Waals surface area contributed by atoms with Crippen LogP contribution in [0.25, 0.3) is 10.8 Å². The smallest absolute Gasteiger partial charge is 0.327 e. The van der Waals surface area contributed by atoms with E-state index in [9.17, 15) is 53.4 Å². The first kappa shape index (κ1) is 32.9. The van der Waals surface area contributed by atoms with Crippen molar-refractivity contribution in [1.82, 2.24) is 20.4 Å². The Morgan fingerprint density at radius 2 is 1.11 bits per heavy atom. The van der Waals surface area contributed by atoms with E-state index in [0.717, 1.165) is 12.1 Å². The summed E-state index contributed by atoms with van der Waals surface area (Å²) < 4.78 is 0. The molecule has 2 aromatic rings. The third-order valence-electron chi connectivity index (χ3n) is 7.22. The number of carboxylic acids is 3. The lowest BCUT2D eigenvalue weighted by Gasteiger charge is -2.35. The number of nitrogens with zero attached hydrogens (tertiary/aromatic N) is 2. The first-order valence-corrected chi connectivity index (χ1v) is 14.3. The molecule has 2 aliphatic rings. The molecule has 0 fully saturated rings. The SMILES string of the molecule is O=C(O)CNC(=O)[C@H](CS)NC(=O)CC[C@H](C(=O)O)N1C(=O)c2ccc3c4c(ccc(c24)C1=O)C(=O)N([C@@H](CS)C(=O)O)C3=O. The average molecular weight is 661 g/mol. The standard InChI is InChI=1S/C27H24N4O12S2/c32-17(29-14(8-44)21(35)28-7-18(33)34)6-5-15(26(40)41)30-22(36)10-1-3-12-20-13(4-2-11(19(10)20)23(30)37)25(39)31(24(12)38)16(9-45)27(42)43/h1-4,14-16,44-45H,5-9H2,(H,28,35)(H,29,32)(H,33,34)(H,40,41)(H,42,43)/t14-,15+,16-/m0/s1. The molecule has 5 N–H and O–H groups in total. The second-order valence-electron chi connectivity index (χ2n) is 9.88. The van der Waals surface area contributed by atoms with Crippen LogP contribution in [0, 0.1) is 0 Å². The molecule has 2 aliphatic heterocycles. The summed E-state index contributed by atoms with van der Waals surface area (Å²) in [5.41, 5.74) is -0.705. The van der Waals surface area contributed by atoms with Crippen molar-refractivity contribution in [1.29, 1.82) is 0 Å². The van der Waals surface area contributed by atoms with E-state index in [1.165, 1.54) is 12.1 Å². The van der Waals surface area contributed by atoms with Gasteiger partial charge in [0.15, 0.2) is 0 Å². The minimum atomic E-state index is -1.85. The molecule has 0 saturated carbocycles. The fourth-order valence-corrected chi connectivity index (χ4v) is 5.70. The summed E-state index contributed by atoms with van der Waals surface area (Å²) in [6.45, 7) is -0.713. The van der Waals surface area contributed by atoms with Crippen LogP contribution in [0.5, 0.6) is 0 Å². The van der Waals surface area contributed by atoms with Crippen LogP contribution in [-0.2, 0) is 24.0 Å². The van der Waals surface area contributed by atoms with Gasteiger partial charge in [0.25, 0.3) is 23.6 Å². The number of hydrogen-bond donors (Lipinski definition) is 7. The van der Waals surface area contributed by atoms with E-state index < -0.39 is 90.9 Å². The second kappa shape index (κ2) is 12.9. The number of carbonyl (C=O) groups is 9. The predicted octanol–water partition coefficient (Wildman–Crippen LogP) is -0.736. The first-order valence-electron chi connectivity index (χ1n) is 13.1. The Morgan fingerprint density at radius 3 is 1.47 bits per heavy atom. The number of carbonyl (C=O) groups excluding carboxylic acids is 6. The van der Waals surface area contributed by atoms with Crippen molar-refractivity contribution in [3.63, 3.8) is 0 Å². The minimum absolute atomic E-state index is 0.0638. The molecule has 0 unspecified atom stereocenters. The molecule has 2 aromatic carbocycles. The Labute approximate surface area is 263 Å². The van der Waals surface area contributed by atoms with E-state index in [1.54, 1.807) is 0 Å². The van der Waals surface area contributed by atoms with Crippen molar-refractivity contribution >= 4 is 89.4 Å². The summed E-state index contributed by atoms with van der Waals surface area (Å²) in [4.78, 5) is 114. The highest BCUT2D eigenvalue weighted by molar-refractivity contribution is 7.80. The summed E-state index contributed by atoms with van der Waals surface area (Å²) in [5.74, 6) is -10.8. The maximum Gasteiger partial charge on any atom is 0.327 e. The Balaban J connectivity index is 1.63. The number of benzene rings is 2. The fraction of sp³-hybridized carbons (Fsp3) is 0.296. The van der Waals surface area contributed by atoms with Crippen LogP contribution in [0.1, 0.15) is 54.3 Å². The van der Waals surface area contributed by atoms with Crippen LogP contribution < -0.4 is 10.6 Å². The van der Waals surface area contributed by atoms with Crippen LogP contribution in [0.4, 0.5) is 0 Å². The molecule has 6 amide bonds. The highest BCUT2D eigenvalue weighted by atomic mass is 32.1. The molecule has 0 bridgehead atoms. The summed E-state index contributed by atoms with van der Waals surface area (Å²) in [7, 11) is 0. The zero-order chi connectivity index (χ0) is 33.3. The molecule has 2 heterocycles. The van der Waals surface area contributed by atoms with Crippen molar-refractivity contribution in [2.24, 2.45) is 0 Å². The van der Waals surface area contributed by atoms with Crippen molar-refractivity contribution < 1.29 is 58.5 Å². The number of nitrogens with one attached hydrogen (secondary N) is 2. The van der Waals surface area contributed by atoms with Gasteiger partial charge in [-0.15, -0.1) is 0 Å². The maximum atomic E-state index is 13.6. The van der Waals surface area contributed by atoms with Crippen LogP contribution >= 0.6 is 25.3 Å². The Bertz CT molecular complexity index is 1640. The largest absolute Gasteiger partial charge is 0.480 e. The number of aliphatic carboxylic acids is 3. The Hall–Kier alpha value is -4.97. The van der Waals surface area contributed by atoms with E-state index in [1.807, 2.05) is 0 Å². The van der Waals surface area contributed by atoms with Gasteiger partial charge in [-0.05, 0) is 30.7 Å². The first-order chi connectivity index (χ1) is 21.2. The normalized spacial score (nSPS) is 15.9. The number of carboxylic acid groups (broad SMARTS) is 3. The molecule has 4 rings (SSSR count). The van der Waals surface area contributed by atoms with Crippen molar-refractivity contribution in [3.05, 3.63) is 46.5 Å². The van der Waals surface area contributed by atoms with Gasteiger partial charge in [0.2, 0.25) is 11.8 Å². The lowest BCUT2D eigenvalue weighted by molar-refractivity contribution is -0.142. The summed E-state index contributed by atoms with van der Waals surface area (Å²) in [5, 5.41) is 32.4. The van der Waals surface area contributed by atoms with Gasteiger partial charge in [-0.3, -0.25) is 43.4 Å². The summed E-state index contributed by atoms with van der Waals surface area (Å²) >= 11 is 7.89. The molecular formula is C27H24N4O12S2. The molecule has 0 aliphatic carbocycles. The van der Waals surface area contributed by atoms with Gasteiger partial charge in [-0.1, -0.05) is 0 Å². The molecular weight excluding hydrogens is 636 g/mol. The topological polar surface area (TPSA) is 245 Å². The molecule has 3 atom stereocenters. The van der Waals surface area contributed by atoms with Gasteiger partial charge >= 0.3 is 17.9 Å². The van der Waals surface area contributed by atoms with Crippen LogP contribution in [-0.4, -0.2) is 115 Å². The van der Waals surface area contributed by atoms with Gasteiger partial charge in [-0.25, -0.2) is 9.59 Å². The quantitative estimate of drug-likeness (QED) is 0.104. The molecule has 0 radical (unpaired) electrons. The van der Waals surface area contributed by atoms with E-state index >= 15 is 0 Å². The van der Waals surface area contributed by atoms with Gasteiger partial charge in [0.1, 0.15) is 24.7 Å². The van der Waals surface area contributed by atoms with Crippen LogP contribution in [0.15, 0.2) is 24.3 Å². The molecule has 0 aromatic heterocycles. The van der Waals surface area contributed by atoms with Crippen molar-refractivity contribution in [2.45, 2.75) is 31.0 Å². The third-order valence-corrected chi connectivity index (χ3v) is 7.93. The number of imide groups is 2. The van der Waals surface area contributed by atoms with Crippen molar-refractivity contribution in [2.75, 3.05) is 18.1 Å². The van der Waals surface area contributed by atoms with Gasteiger partial charge in [-0.2, -0.15) is 25.3 Å². The summed E-state index contributed by atoms with van der Waals surface area (Å²) in [6.07, 6.45) is -1.14. The lowest BCUT2D eigenvalue weighted by atomic mass is 9.85. The average Bonchev–Trinajstić information content (AvgIpc) is 2.99. The predicted molar refractivity (Wildman–Crippen MR) is 157 cm³/mol.